The molecule has 2 aromatic rings. The predicted molar refractivity (Wildman–Crippen MR) is 77.9 cm³/mol. The number of allylic oxidation sites excluding steroid dienone is 2. The van der Waals surface area contributed by atoms with Gasteiger partial charge in [0.05, 0.1) is 29.4 Å². The monoisotopic (exact) mass is 300 g/mol. The lowest BCUT2D eigenvalue weighted by molar-refractivity contribution is -0.114. The van der Waals surface area contributed by atoms with Gasteiger partial charge in [0.2, 0.25) is 0 Å². The van der Waals surface area contributed by atoms with Crippen LogP contribution in [-0.2, 0) is 4.79 Å². The average Bonchev–Trinajstić information content (AvgIpc) is 3.01. The highest BCUT2D eigenvalue weighted by Gasteiger charge is 2.24. The SMILES string of the molecule is NC(=O)C1=C(F)CC(c2nc(-c3cn[nH]c3)cnc2N)C=C1. The number of rotatable bonds is 3. The lowest BCUT2D eigenvalue weighted by atomic mass is 9.92. The summed E-state index contributed by atoms with van der Waals surface area (Å²) in [5.41, 5.74) is 12.6. The highest BCUT2D eigenvalue weighted by Crippen LogP contribution is 2.33. The normalized spacial score (nSPS) is 17.8. The lowest BCUT2D eigenvalue weighted by Gasteiger charge is -2.18. The summed E-state index contributed by atoms with van der Waals surface area (Å²) >= 11 is 0. The molecule has 8 heteroatoms. The molecule has 22 heavy (non-hydrogen) atoms. The van der Waals surface area contributed by atoms with Gasteiger partial charge in [0.1, 0.15) is 11.6 Å². The number of nitrogens with two attached hydrogens (primary N) is 2. The van der Waals surface area contributed by atoms with Crippen molar-refractivity contribution in [2.75, 3.05) is 5.73 Å². The molecule has 1 unspecified atom stereocenters. The number of nitrogens with zero attached hydrogens (tertiary/aromatic N) is 3. The zero-order chi connectivity index (χ0) is 15.7. The summed E-state index contributed by atoms with van der Waals surface area (Å²) in [4.78, 5) is 19.6. The van der Waals surface area contributed by atoms with Crippen LogP contribution in [0.1, 0.15) is 18.0 Å². The molecule has 0 aliphatic heterocycles. The molecular weight excluding hydrogens is 287 g/mol. The minimum absolute atomic E-state index is 0.0253. The quantitative estimate of drug-likeness (QED) is 0.785. The first-order valence-corrected chi connectivity index (χ1v) is 6.54. The van der Waals surface area contributed by atoms with E-state index >= 15 is 0 Å². The fraction of sp³-hybridized carbons (Fsp3) is 0.143. The largest absolute Gasteiger partial charge is 0.382 e. The number of primary amides is 1. The molecule has 112 valence electrons. The van der Waals surface area contributed by atoms with Gasteiger partial charge >= 0.3 is 0 Å². The van der Waals surface area contributed by atoms with Crippen LogP contribution in [0.25, 0.3) is 11.3 Å². The molecule has 0 bridgehead atoms. The molecule has 2 aromatic heterocycles. The second-order valence-electron chi connectivity index (χ2n) is 4.87. The molecule has 0 radical (unpaired) electrons. The zero-order valence-corrected chi connectivity index (χ0v) is 11.5. The maximum Gasteiger partial charge on any atom is 0.251 e. The molecule has 0 fully saturated rings. The number of carbonyl (C=O) groups is 1. The molecule has 0 aromatic carbocycles. The van der Waals surface area contributed by atoms with Gasteiger partial charge in [-0.1, -0.05) is 12.2 Å². The maximum absolute atomic E-state index is 14.0. The van der Waals surface area contributed by atoms with Crippen LogP contribution < -0.4 is 11.5 Å². The lowest BCUT2D eigenvalue weighted by Crippen LogP contribution is -2.17. The van der Waals surface area contributed by atoms with E-state index in [0.29, 0.717) is 11.4 Å². The van der Waals surface area contributed by atoms with Crippen molar-refractivity contribution in [1.82, 2.24) is 20.2 Å². The van der Waals surface area contributed by atoms with E-state index in [9.17, 15) is 9.18 Å². The third kappa shape index (κ3) is 2.46. The number of carbonyl (C=O) groups excluding carboxylic acids is 1. The van der Waals surface area contributed by atoms with Crippen LogP contribution in [0.5, 0.6) is 0 Å². The van der Waals surface area contributed by atoms with Gasteiger partial charge in [-0.05, 0) is 0 Å². The van der Waals surface area contributed by atoms with Gasteiger partial charge in [-0.2, -0.15) is 5.10 Å². The van der Waals surface area contributed by atoms with Gasteiger partial charge in [0.15, 0.2) is 0 Å². The molecule has 0 saturated carbocycles. The summed E-state index contributed by atoms with van der Waals surface area (Å²) in [7, 11) is 0. The molecule has 0 saturated heterocycles. The van der Waals surface area contributed by atoms with Crippen molar-refractivity contribution in [3.63, 3.8) is 0 Å². The smallest absolute Gasteiger partial charge is 0.251 e. The second kappa shape index (κ2) is 5.40. The highest BCUT2D eigenvalue weighted by molar-refractivity contribution is 5.95. The van der Waals surface area contributed by atoms with Gasteiger partial charge in [0.25, 0.3) is 5.91 Å². The number of H-pyrrole nitrogens is 1. The number of halogens is 1. The number of hydrogen-bond donors (Lipinski definition) is 3. The summed E-state index contributed by atoms with van der Waals surface area (Å²) in [5, 5.41) is 6.53. The molecule has 5 N–H and O–H groups in total. The summed E-state index contributed by atoms with van der Waals surface area (Å²) in [6, 6.07) is 0. The number of aromatic nitrogens is 4. The van der Waals surface area contributed by atoms with Crippen LogP contribution in [0.3, 0.4) is 0 Å². The van der Waals surface area contributed by atoms with E-state index in [4.69, 9.17) is 11.5 Å². The van der Waals surface area contributed by atoms with Crippen LogP contribution in [0.4, 0.5) is 10.2 Å². The Morgan fingerprint density at radius 2 is 2.23 bits per heavy atom. The topological polar surface area (TPSA) is 124 Å². The third-order valence-electron chi connectivity index (χ3n) is 3.43. The van der Waals surface area contributed by atoms with E-state index in [1.165, 1.54) is 12.3 Å². The third-order valence-corrected chi connectivity index (χ3v) is 3.43. The fourth-order valence-corrected chi connectivity index (χ4v) is 2.29. The second-order valence-corrected chi connectivity index (χ2v) is 4.87. The number of nitrogens with one attached hydrogen (secondary N) is 1. The molecule has 1 aliphatic rings. The number of aromatic amines is 1. The number of anilines is 1. The van der Waals surface area contributed by atoms with E-state index < -0.39 is 17.7 Å². The molecule has 1 amide bonds. The van der Waals surface area contributed by atoms with Crippen LogP contribution in [0.2, 0.25) is 0 Å². The molecule has 1 atom stereocenters. The van der Waals surface area contributed by atoms with Gasteiger partial charge in [0, 0.05) is 24.1 Å². The van der Waals surface area contributed by atoms with E-state index in [1.54, 1.807) is 18.5 Å². The van der Waals surface area contributed by atoms with E-state index in [0.717, 1.165) is 5.56 Å². The minimum atomic E-state index is -0.793. The van der Waals surface area contributed by atoms with Crippen molar-refractivity contribution in [1.29, 1.82) is 0 Å². The Morgan fingerprint density at radius 1 is 1.41 bits per heavy atom. The van der Waals surface area contributed by atoms with Crippen molar-refractivity contribution in [3.8, 4) is 11.3 Å². The Balaban J connectivity index is 1.95. The Kier molecular flexibility index (Phi) is 3.42. The van der Waals surface area contributed by atoms with Crippen molar-refractivity contribution in [3.05, 3.63) is 47.8 Å². The number of amides is 1. The van der Waals surface area contributed by atoms with Gasteiger partial charge in [-0.25, -0.2) is 14.4 Å². The Bertz CT molecular complexity index is 781. The van der Waals surface area contributed by atoms with Crippen LogP contribution in [0.15, 0.2) is 42.1 Å². The number of hydrogen-bond acceptors (Lipinski definition) is 5. The van der Waals surface area contributed by atoms with Crippen molar-refractivity contribution in [2.24, 2.45) is 5.73 Å². The van der Waals surface area contributed by atoms with Crippen LogP contribution in [-0.4, -0.2) is 26.1 Å². The molecular formula is C14H13FN6O. The molecule has 0 spiro atoms. The Morgan fingerprint density at radius 3 is 2.86 bits per heavy atom. The van der Waals surface area contributed by atoms with Gasteiger partial charge in [-0.15, -0.1) is 0 Å². The van der Waals surface area contributed by atoms with Crippen LogP contribution >= 0.6 is 0 Å². The average molecular weight is 300 g/mol. The molecule has 7 nitrogen and oxygen atoms in total. The first-order valence-electron chi connectivity index (χ1n) is 6.54. The number of nitrogen functional groups attached to an aromatic ring is 1. The predicted octanol–water partition coefficient (Wildman–Crippen LogP) is 1.20. The standard InChI is InChI=1S/C14H13FN6O/c15-10-3-7(1-2-9(10)14(17)22)12-13(16)18-6-11(21-12)8-4-19-20-5-8/h1-2,4-7H,3H2,(H2,16,18)(H2,17,22)(H,19,20). The summed E-state index contributed by atoms with van der Waals surface area (Å²) in [5.74, 6) is -1.55. The highest BCUT2D eigenvalue weighted by atomic mass is 19.1. The minimum Gasteiger partial charge on any atom is -0.382 e. The summed E-state index contributed by atoms with van der Waals surface area (Å²) < 4.78 is 14.0. The fourth-order valence-electron chi connectivity index (χ4n) is 2.29. The first-order chi connectivity index (χ1) is 10.6. The maximum atomic E-state index is 14.0. The Labute approximate surface area is 125 Å². The molecule has 3 rings (SSSR count). The van der Waals surface area contributed by atoms with Gasteiger partial charge in [-0.3, -0.25) is 9.89 Å². The van der Waals surface area contributed by atoms with Crippen LogP contribution in [0, 0.1) is 0 Å². The van der Waals surface area contributed by atoms with Gasteiger partial charge < -0.3 is 11.5 Å². The summed E-state index contributed by atoms with van der Waals surface area (Å²) in [6.45, 7) is 0. The van der Waals surface area contributed by atoms with Crippen molar-refractivity contribution in [2.45, 2.75) is 12.3 Å². The molecule has 2 heterocycles. The Hall–Kier alpha value is -3.03. The van der Waals surface area contributed by atoms with E-state index in [1.807, 2.05) is 0 Å². The van der Waals surface area contributed by atoms with Crippen molar-refractivity contribution >= 4 is 11.7 Å². The zero-order valence-electron chi connectivity index (χ0n) is 11.5. The van der Waals surface area contributed by atoms with E-state index in [2.05, 4.69) is 20.2 Å². The summed E-state index contributed by atoms with van der Waals surface area (Å²) in [6.07, 6.45) is 7.79. The van der Waals surface area contributed by atoms with Crippen molar-refractivity contribution < 1.29 is 9.18 Å². The van der Waals surface area contributed by atoms with E-state index in [-0.39, 0.29) is 17.8 Å². The molecule has 1 aliphatic carbocycles. The first kappa shape index (κ1) is 13.9.